The number of hydrogen-bond acceptors (Lipinski definition) is 4. The second kappa shape index (κ2) is 10.8. The van der Waals surface area contributed by atoms with Crippen LogP contribution < -0.4 is 5.32 Å². The molecule has 0 spiro atoms. The zero-order valence-electron chi connectivity index (χ0n) is 21.6. The smallest absolute Gasteiger partial charge is 0.333 e. The fourth-order valence-corrected chi connectivity index (χ4v) is 5.25. The summed E-state index contributed by atoms with van der Waals surface area (Å²) < 4.78 is 26.9. The highest BCUT2D eigenvalue weighted by Gasteiger charge is 2.52. The van der Waals surface area contributed by atoms with Gasteiger partial charge in [-0.05, 0) is 47.9 Å². The second-order valence-electron chi connectivity index (χ2n) is 9.76. The molecule has 3 aromatic carbocycles. The van der Waals surface area contributed by atoms with Crippen molar-refractivity contribution < 1.29 is 23.2 Å². The SMILES string of the molecule is CC(c1ccc(F)cc1)N1C[C@H]2N(C(=O)CN(C)N2C(=O)NCc2ccc(F)cc2)[C@@H](c2ccccc2)C1=O. The molecule has 0 aliphatic carbocycles. The summed E-state index contributed by atoms with van der Waals surface area (Å²) >= 11 is 0. The zero-order chi connectivity index (χ0) is 27.7. The van der Waals surface area contributed by atoms with E-state index < -0.39 is 24.3 Å². The third kappa shape index (κ3) is 5.20. The Balaban J connectivity index is 1.49. The molecule has 3 atom stereocenters. The summed E-state index contributed by atoms with van der Waals surface area (Å²) in [6.45, 7) is 1.96. The van der Waals surface area contributed by atoms with Gasteiger partial charge >= 0.3 is 6.03 Å². The number of carbonyl (C=O) groups excluding carboxylic acids is 3. The third-order valence-corrected chi connectivity index (χ3v) is 7.28. The van der Waals surface area contributed by atoms with Crippen LogP contribution in [0.3, 0.4) is 0 Å². The Labute approximate surface area is 225 Å². The van der Waals surface area contributed by atoms with Crippen molar-refractivity contribution in [1.29, 1.82) is 0 Å². The molecular weight excluding hydrogens is 504 g/mol. The maximum absolute atomic E-state index is 14.0. The number of hydrogen-bond donors (Lipinski definition) is 1. The monoisotopic (exact) mass is 533 g/mol. The lowest BCUT2D eigenvalue weighted by molar-refractivity contribution is -0.189. The highest BCUT2D eigenvalue weighted by Crippen LogP contribution is 2.37. The predicted molar refractivity (Wildman–Crippen MR) is 139 cm³/mol. The Kier molecular flexibility index (Phi) is 7.30. The number of carbonyl (C=O) groups is 3. The van der Waals surface area contributed by atoms with Crippen LogP contribution in [-0.2, 0) is 16.1 Å². The van der Waals surface area contributed by atoms with E-state index in [0.29, 0.717) is 11.1 Å². The van der Waals surface area contributed by atoms with Crippen LogP contribution in [0.2, 0.25) is 0 Å². The van der Waals surface area contributed by atoms with E-state index in [1.807, 2.05) is 13.0 Å². The Morgan fingerprint density at radius 2 is 1.56 bits per heavy atom. The number of rotatable bonds is 5. The summed E-state index contributed by atoms with van der Waals surface area (Å²) in [7, 11) is 1.65. The lowest BCUT2D eigenvalue weighted by Crippen LogP contribution is -2.73. The van der Waals surface area contributed by atoms with Gasteiger partial charge in [0.1, 0.15) is 23.8 Å². The molecule has 5 rings (SSSR count). The van der Waals surface area contributed by atoms with Gasteiger partial charge in [-0.3, -0.25) is 9.59 Å². The van der Waals surface area contributed by atoms with Gasteiger partial charge in [0.15, 0.2) is 0 Å². The first-order chi connectivity index (χ1) is 18.7. The van der Waals surface area contributed by atoms with Gasteiger partial charge in [0.05, 0.1) is 19.1 Å². The molecule has 0 bridgehead atoms. The minimum atomic E-state index is -0.943. The predicted octanol–water partition coefficient (Wildman–Crippen LogP) is 3.84. The summed E-state index contributed by atoms with van der Waals surface area (Å²) in [5.41, 5.74) is 2.07. The molecular formula is C29H29F2N5O3. The molecule has 0 radical (unpaired) electrons. The number of likely N-dealkylation sites (N-methyl/N-ethyl adjacent to an activating group) is 1. The summed E-state index contributed by atoms with van der Waals surface area (Å²) in [5.74, 6) is -1.31. The van der Waals surface area contributed by atoms with Crippen molar-refractivity contribution >= 4 is 17.8 Å². The number of fused-ring (bicyclic) bond motifs is 1. The molecule has 4 amide bonds. The standard InChI is InChI=1S/C29H29F2N5O3/c1-19(21-10-14-24(31)15-11-21)34-17-25-35(27(28(34)38)22-6-4-3-5-7-22)26(37)18-33(2)36(25)29(39)32-16-20-8-12-23(30)13-9-20/h3-15,19,25,27H,16-18H2,1-2H3,(H,32,39)/t19?,25-,27-/m0/s1. The largest absolute Gasteiger partial charge is 0.334 e. The molecule has 0 aromatic heterocycles. The lowest BCUT2D eigenvalue weighted by Gasteiger charge is -2.55. The van der Waals surface area contributed by atoms with Gasteiger partial charge in [0.25, 0.3) is 5.91 Å². The normalized spacial score (nSPS) is 20.6. The summed E-state index contributed by atoms with van der Waals surface area (Å²) in [6, 6.07) is 18.9. The van der Waals surface area contributed by atoms with Crippen LogP contribution in [0.4, 0.5) is 13.6 Å². The molecule has 2 fully saturated rings. The van der Waals surface area contributed by atoms with Crippen LogP contribution in [0.25, 0.3) is 0 Å². The highest BCUT2D eigenvalue weighted by molar-refractivity contribution is 5.92. The zero-order valence-corrected chi connectivity index (χ0v) is 21.6. The lowest BCUT2D eigenvalue weighted by atomic mass is 9.96. The molecule has 2 saturated heterocycles. The number of piperazine rings is 1. The van der Waals surface area contributed by atoms with Crippen LogP contribution in [0.1, 0.15) is 35.7 Å². The minimum absolute atomic E-state index is 0.0563. The Hall–Kier alpha value is -4.31. The Morgan fingerprint density at radius 1 is 0.949 bits per heavy atom. The summed E-state index contributed by atoms with van der Waals surface area (Å²) in [6.07, 6.45) is -0.796. The second-order valence-corrected chi connectivity index (χ2v) is 9.76. The van der Waals surface area contributed by atoms with Crippen LogP contribution in [0.5, 0.6) is 0 Å². The van der Waals surface area contributed by atoms with Crippen molar-refractivity contribution in [2.45, 2.75) is 31.7 Å². The molecule has 0 saturated carbocycles. The number of nitrogens with one attached hydrogen (secondary N) is 1. The first-order valence-electron chi connectivity index (χ1n) is 12.7. The van der Waals surface area contributed by atoms with Gasteiger partial charge in [0.2, 0.25) is 5.91 Å². The average molecular weight is 534 g/mol. The number of nitrogens with zero attached hydrogens (tertiary/aromatic N) is 4. The van der Waals surface area contributed by atoms with E-state index in [2.05, 4.69) is 5.32 Å². The number of urea groups is 1. The van der Waals surface area contributed by atoms with E-state index in [-0.39, 0.29) is 43.1 Å². The molecule has 2 aliphatic heterocycles. The van der Waals surface area contributed by atoms with E-state index in [9.17, 15) is 23.2 Å². The number of halogens is 2. The third-order valence-electron chi connectivity index (χ3n) is 7.28. The van der Waals surface area contributed by atoms with E-state index in [1.54, 1.807) is 65.5 Å². The summed E-state index contributed by atoms with van der Waals surface area (Å²) in [4.78, 5) is 44.1. The van der Waals surface area contributed by atoms with Crippen molar-refractivity contribution in [1.82, 2.24) is 25.1 Å². The van der Waals surface area contributed by atoms with Crippen molar-refractivity contribution in [3.05, 3.63) is 107 Å². The first kappa shape index (κ1) is 26.3. The van der Waals surface area contributed by atoms with Gasteiger partial charge in [-0.15, -0.1) is 0 Å². The van der Waals surface area contributed by atoms with Crippen LogP contribution in [-0.4, -0.2) is 64.0 Å². The molecule has 1 unspecified atom stereocenters. The van der Waals surface area contributed by atoms with Crippen LogP contribution in [0, 0.1) is 11.6 Å². The summed E-state index contributed by atoms with van der Waals surface area (Å²) in [5, 5.41) is 5.85. The maximum Gasteiger partial charge on any atom is 0.334 e. The van der Waals surface area contributed by atoms with Crippen molar-refractivity contribution in [3.63, 3.8) is 0 Å². The van der Waals surface area contributed by atoms with Gasteiger partial charge in [-0.2, -0.15) is 0 Å². The molecule has 10 heteroatoms. The highest BCUT2D eigenvalue weighted by atomic mass is 19.1. The van der Waals surface area contributed by atoms with Crippen LogP contribution in [0.15, 0.2) is 78.9 Å². The maximum atomic E-state index is 14.0. The Morgan fingerprint density at radius 3 is 2.21 bits per heavy atom. The van der Waals surface area contributed by atoms with Gasteiger partial charge in [-0.25, -0.2) is 23.6 Å². The van der Waals surface area contributed by atoms with E-state index in [4.69, 9.17) is 0 Å². The molecule has 8 nitrogen and oxygen atoms in total. The fraction of sp³-hybridized carbons (Fsp3) is 0.276. The number of amides is 4. The molecule has 1 N–H and O–H groups in total. The molecule has 202 valence electrons. The topological polar surface area (TPSA) is 76.2 Å². The Bertz CT molecular complexity index is 1350. The first-order valence-corrected chi connectivity index (χ1v) is 12.7. The van der Waals surface area contributed by atoms with Crippen molar-refractivity contribution in [2.24, 2.45) is 0 Å². The van der Waals surface area contributed by atoms with Gasteiger partial charge < -0.3 is 15.1 Å². The fourth-order valence-electron chi connectivity index (χ4n) is 5.25. The van der Waals surface area contributed by atoms with E-state index >= 15 is 0 Å². The van der Waals surface area contributed by atoms with Crippen LogP contribution >= 0.6 is 0 Å². The molecule has 39 heavy (non-hydrogen) atoms. The number of benzene rings is 3. The number of hydrazine groups is 1. The van der Waals surface area contributed by atoms with Crippen molar-refractivity contribution in [2.75, 3.05) is 20.1 Å². The van der Waals surface area contributed by atoms with Crippen molar-refractivity contribution in [3.8, 4) is 0 Å². The van der Waals surface area contributed by atoms with Gasteiger partial charge in [-0.1, -0.05) is 54.6 Å². The molecule has 2 aliphatic rings. The van der Waals surface area contributed by atoms with Gasteiger partial charge in [0, 0.05) is 13.6 Å². The minimum Gasteiger partial charge on any atom is -0.333 e. The molecule has 3 aromatic rings. The van der Waals surface area contributed by atoms with E-state index in [0.717, 1.165) is 5.56 Å². The quantitative estimate of drug-likeness (QED) is 0.541. The van der Waals surface area contributed by atoms with E-state index in [1.165, 1.54) is 34.2 Å². The molecule has 2 heterocycles. The average Bonchev–Trinajstić information content (AvgIpc) is 2.93.